The van der Waals surface area contributed by atoms with Crippen LogP contribution in [0.25, 0.3) is 0 Å². The van der Waals surface area contributed by atoms with Gasteiger partial charge in [0.1, 0.15) is 0 Å². The molecule has 0 aliphatic carbocycles. The maximum atomic E-state index is 11.2. The van der Waals surface area contributed by atoms with Gasteiger partial charge in [0, 0.05) is 5.02 Å². The lowest BCUT2D eigenvalue weighted by Gasteiger charge is -2.44. The number of hydrogen-bond acceptors (Lipinski definition) is 3. The van der Waals surface area contributed by atoms with Crippen LogP contribution >= 0.6 is 22.9 Å². The first-order chi connectivity index (χ1) is 12.2. The monoisotopic (exact) mass is 408 g/mol. The van der Waals surface area contributed by atoms with Crippen molar-refractivity contribution >= 4 is 37.5 Å². The number of aldehydes is 1. The van der Waals surface area contributed by atoms with Crippen LogP contribution < -0.4 is 0 Å². The Hall–Kier alpha value is -0.943. The first kappa shape index (κ1) is 21.4. The molecule has 0 bridgehead atoms. The van der Waals surface area contributed by atoms with Gasteiger partial charge in [0.15, 0.2) is 6.29 Å². The number of carbonyl (C=O) groups excluding carboxylic acids is 1. The molecule has 0 saturated carbocycles. The average Bonchev–Trinajstić information content (AvgIpc) is 3.03. The van der Waals surface area contributed by atoms with Gasteiger partial charge in [-0.15, -0.1) is 11.3 Å². The van der Waals surface area contributed by atoms with Crippen molar-refractivity contribution in [2.75, 3.05) is 0 Å². The van der Waals surface area contributed by atoms with Crippen LogP contribution in [0.15, 0.2) is 35.7 Å². The summed E-state index contributed by atoms with van der Waals surface area (Å²) in [5.41, 5.74) is 3.53. The Morgan fingerprint density at radius 2 is 1.62 bits per heavy atom. The summed E-state index contributed by atoms with van der Waals surface area (Å²) in [6.07, 6.45) is 0.707. The molecule has 0 N–H and O–H groups in total. The Kier molecular flexibility index (Phi) is 7.25. The Morgan fingerprint density at radius 3 is 2.08 bits per heavy atom. The number of benzene rings is 1. The summed E-state index contributed by atoms with van der Waals surface area (Å²) in [5, 5.41) is 2.74. The molecule has 0 amide bonds. The molecular weight excluding hydrogens is 380 g/mol. The average molecular weight is 409 g/mol. The van der Waals surface area contributed by atoms with Crippen molar-refractivity contribution in [3.8, 4) is 0 Å². The second-order valence-corrected chi connectivity index (χ2v) is 14.6. The SMILES string of the molecule is CC(C)[Si](OC(c1cccc(Cl)c1)c1csc(C=O)c1)(C(C)C)C(C)C. The van der Waals surface area contributed by atoms with Crippen molar-refractivity contribution in [3.05, 3.63) is 56.7 Å². The summed E-state index contributed by atoms with van der Waals surface area (Å²) in [6, 6.07) is 9.83. The number of hydrogen-bond donors (Lipinski definition) is 0. The van der Waals surface area contributed by atoms with Crippen LogP contribution in [0.5, 0.6) is 0 Å². The number of carbonyl (C=O) groups is 1. The van der Waals surface area contributed by atoms with E-state index in [1.54, 1.807) is 0 Å². The molecule has 0 fully saturated rings. The van der Waals surface area contributed by atoms with Gasteiger partial charge in [-0.3, -0.25) is 4.79 Å². The van der Waals surface area contributed by atoms with Crippen LogP contribution in [0.2, 0.25) is 21.6 Å². The summed E-state index contributed by atoms with van der Waals surface area (Å²) in [5.74, 6) is 0. The van der Waals surface area contributed by atoms with Crippen molar-refractivity contribution < 1.29 is 9.22 Å². The van der Waals surface area contributed by atoms with Crippen molar-refractivity contribution in [2.24, 2.45) is 0 Å². The Balaban J connectivity index is 2.57. The molecule has 2 aromatic rings. The molecule has 26 heavy (non-hydrogen) atoms. The molecule has 2 rings (SSSR count). The molecule has 1 aromatic carbocycles. The van der Waals surface area contributed by atoms with Gasteiger partial charge in [-0.25, -0.2) is 0 Å². The molecule has 0 radical (unpaired) electrons. The number of thiophene rings is 1. The third kappa shape index (κ3) is 4.30. The van der Waals surface area contributed by atoms with Gasteiger partial charge in [0.25, 0.3) is 0 Å². The minimum atomic E-state index is -2.10. The quantitative estimate of drug-likeness (QED) is 0.334. The van der Waals surface area contributed by atoms with Gasteiger partial charge in [-0.2, -0.15) is 0 Å². The zero-order valence-corrected chi connectivity index (χ0v) is 19.0. The van der Waals surface area contributed by atoms with Crippen LogP contribution in [0.1, 0.15) is 68.4 Å². The highest BCUT2D eigenvalue weighted by Gasteiger charge is 2.47. The molecule has 0 aliphatic heterocycles. The topological polar surface area (TPSA) is 26.3 Å². The summed E-state index contributed by atoms with van der Waals surface area (Å²) in [4.78, 5) is 11.9. The van der Waals surface area contributed by atoms with Gasteiger partial charge in [-0.05, 0) is 51.3 Å². The lowest BCUT2D eigenvalue weighted by molar-refractivity contribution is 0.112. The lowest BCUT2D eigenvalue weighted by Crippen LogP contribution is -2.48. The summed E-state index contributed by atoms with van der Waals surface area (Å²) >= 11 is 7.73. The van der Waals surface area contributed by atoms with E-state index in [4.69, 9.17) is 16.0 Å². The van der Waals surface area contributed by atoms with E-state index in [9.17, 15) is 4.79 Å². The summed E-state index contributed by atoms with van der Waals surface area (Å²) in [6.45, 7) is 13.7. The van der Waals surface area contributed by atoms with Gasteiger partial charge >= 0.3 is 0 Å². The highest BCUT2D eigenvalue weighted by Crippen LogP contribution is 2.47. The van der Waals surface area contributed by atoms with E-state index >= 15 is 0 Å². The number of halogens is 1. The van der Waals surface area contributed by atoms with E-state index in [1.165, 1.54) is 11.3 Å². The van der Waals surface area contributed by atoms with E-state index in [0.717, 1.165) is 22.3 Å². The van der Waals surface area contributed by atoms with Gasteiger partial charge in [0.2, 0.25) is 8.32 Å². The van der Waals surface area contributed by atoms with E-state index in [1.807, 2.05) is 29.6 Å². The van der Waals surface area contributed by atoms with Gasteiger partial charge in [0.05, 0.1) is 11.0 Å². The van der Waals surface area contributed by atoms with Crippen molar-refractivity contribution in [2.45, 2.75) is 64.3 Å². The van der Waals surface area contributed by atoms with Crippen LogP contribution in [-0.4, -0.2) is 14.6 Å². The molecule has 0 spiro atoms. The smallest absolute Gasteiger partial charge is 0.201 e. The normalized spacial score (nSPS) is 13.6. The van der Waals surface area contributed by atoms with E-state index in [2.05, 4.69) is 47.6 Å². The van der Waals surface area contributed by atoms with Crippen molar-refractivity contribution in [1.29, 1.82) is 0 Å². The number of rotatable bonds is 8. The lowest BCUT2D eigenvalue weighted by atomic mass is 10.0. The second-order valence-electron chi connectivity index (χ2n) is 7.77. The first-order valence-electron chi connectivity index (χ1n) is 9.19. The van der Waals surface area contributed by atoms with Crippen LogP contribution in [0.3, 0.4) is 0 Å². The predicted molar refractivity (Wildman–Crippen MR) is 115 cm³/mol. The zero-order valence-electron chi connectivity index (χ0n) is 16.5. The molecule has 1 atom stereocenters. The third-order valence-electron chi connectivity index (χ3n) is 5.24. The standard InChI is InChI=1S/C21H29ClO2SSi/c1-14(2)26(15(3)4,16(5)6)24-21(17-8-7-9-19(22)10-17)18-11-20(12-23)25-13-18/h7-16,21H,1-6H3. The van der Waals surface area contributed by atoms with Crippen LogP contribution in [-0.2, 0) is 4.43 Å². The van der Waals surface area contributed by atoms with E-state index in [-0.39, 0.29) is 6.10 Å². The molecule has 0 saturated heterocycles. The molecule has 1 aromatic heterocycles. The highest BCUT2D eigenvalue weighted by molar-refractivity contribution is 7.11. The minimum Gasteiger partial charge on any atom is -0.405 e. The summed E-state index contributed by atoms with van der Waals surface area (Å²) in [7, 11) is -2.10. The fraction of sp³-hybridized carbons (Fsp3) is 0.476. The summed E-state index contributed by atoms with van der Waals surface area (Å²) < 4.78 is 7.08. The Labute approximate surface area is 167 Å². The maximum absolute atomic E-state index is 11.2. The Bertz CT molecular complexity index is 717. The fourth-order valence-electron chi connectivity index (χ4n) is 4.18. The molecule has 5 heteroatoms. The van der Waals surface area contributed by atoms with E-state index < -0.39 is 8.32 Å². The molecule has 142 valence electrons. The minimum absolute atomic E-state index is 0.197. The first-order valence-corrected chi connectivity index (χ1v) is 12.6. The molecule has 1 unspecified atom stereocenters. The molecule has 0 aliphatic rings. The maximum Gasteiger partial charge on any atom is 0.201 e. The van der Waals surface area contributed by atoms with E-state index in [0.29, 0.717) is 21.6 Å². The molecule has 2 nitrogen and oxygen atoms in total. The molecule has 1 heterocycles. The second kappa shape index (κ2) is 8.83. The van der Waals surface area contributed by atoms with Crippen molar-refractivity contribution in [1.82, 2.24) is 0 Å². The largest absolute Gasteiger partial charge is 0.405 e. The Morgan fingerprint density at radius 1 is 1.00 bits per heavy atom. The molecular formula is C21H29ClO2SSi. The third-order valence-corrected chi connectivity index (χ3v) is 12.4. The zero-order chi connectivity index (χ0) is 19.5. The van der Waals surface area contributed by atoms with Gasteiger partial charge in [-0.1, -0.05) is 65.3 Å². The van der Waals surface area contributed by atoms with Crippen LogP contribution in [0, 0.1) is 0 Å². The highest BCUT2D eigenvalue weighted by atomic mass is 35.5. The van der Waals surface area contributed by atoms with Crippen LogP contribution in [0.4, 0.5) is 0 Å². The van der Waals surface area contributed by atoms with Gasteiger partial charge < -0.3 is 4.43 Å². The predicted octanol–water partition coefficient (Wildman–Crippen LogP) is 7.50. The van der Waals surface area contributed by atoms with Crippen molar-refractivity contribution in [3.63, 3.8) is 0 Å². The fourth-order valence-corrected chi connectivity index (χ4v) is 10.6.